The van der Waals surface area contributed by atoms with E-state index in [0.717, 1.165) is 5.56 Å². The van der Waals surface area contributed by atoms with Gasteiger partial charge in [-0.3, -0.25) is 4.68 Å². The van der Waals surface area contributed by atoms with Gasteiger partial charge in [0.05, 0.1) is 10.2 Å². The molecule has 0 radical (unpaired) electrons. The second kappa shape index (κ2) is 4.42. The molecule has 1 aromatic heterocycles. The topological polar surface area (TPSA) is 17.8 Å². The molecule has 0 saturated heterocycles. The van der Waals surface area contributed by atoms with Crippen LogP contribution in [0.2, 0.25) is 0 Å². The van der Waals surface area contributed by atoms with Crippen LogP contribution in [-0.2, 0) is 13.2 Å². The van der Waals surface area contributed by atoms with Crippen molar-refractivity contribution in [2.75, 3.05) is 0 Å². The molecule has 2 rings (SSSR count). The Morgan fingerprint density at radius 2 is 1.94 bits per heavy atom. The fourth-order valence-corrected chi connectivity index (χ4v) is 2.57. The minimum Gasteiger partial charge on any atom is -0.266 e. The monoisotopic (exact) mass is 318 g/mol. The molecule has 0 aliphatic rings. The van der Waals surface area contributed by atoms with E-state index in [4.69, 9.17) is 0 Å². The lowest BCUT2D eigenvalue weighted by Crippen LogP contribution is -2.07. The van der Waals surface area contributed by atoms with Crippen molar-refractivity contribution in [3.63, 3.8) is 0 Å². The summed E-state index contributed by atoms with van der Waals surface area (Å²) in [5.41, 5.74) is 1.20. The van der Waals surface area contributed by atoms with E-state index in [1.165, 1.54) is 11.7 Å². The zero-order valence-corrected chi connectivity index (χ0v) is 11.3. The molecular weight excluding hydrogens is 309 g/mol. The fourth-order valence-electron chi connectivity index (χ4n) is 1.79. The summed E-state index contributed by atoms with van der Waals surface area (Å²) in [4.78, 5) is 0. The van der Waals surface area contributed by atoms with E-state index in [2.05, 4.69) is 21.0 Å². The second-order valence-electron chi connectivity index (χ2n) is 4.00. The van der Waals surface area contributed by atoms with Crippen LogP contribution in [0.5, 0.6) is 0 Å². The normalized spacial score (nSPS) is 11.9. The Morgan fingerprint density at radius 3 is 2.44 bits per heavy atom. The summed E-state index contributed by atoms with van der Waals surface area (Å²) in [5.74, 6) is 0. The molecule has 0 unspecified atom stereocenters. The Bertz CT molecular complexity index is 587. The largest absolute Gasteiger partial charge is 0.436 e. The number of hydrogen-bond acceptors (Lipinski definition) is 1. The molecule has 1 aromatic carbocycles. The van der Waals surface area contributed by atoms with Gasteiger partial charge in [0.2, 0.25) is 0 Å². The third-order valence-corrected chi connectivity index (χ3v) is 3.30. The molecular formula is C12H10BrF3N2. The lowest BCUT2D eigenvalue weighted by atomic mass is 10.1. The smallest absolute Gasteiger partial charge is 0.266 e. The van der Waals surface area contributed by atoms with Gasteiger partial charge in [-0.25, -0.2) is 0 Å². The Hall–Kier alpha value is -1.30. The van der Waals surface area contributed by atoms with E-state index < -0.39 is 11.9 Å². The molecule has 0 spiro atoms. The van der Waals surface area contributed by atoms with E-state index in [1.807, 2.05) is 19.1 Å². The highest BCUT2D eigenvalue weighted by atomic mass is 79.9. The van der Waals surface area contributed by atoms with Gasteiger partial charge in [0, 0.05) is 12.6 Å². The van der Waals surface area contributed by atoms with Crippen molar-refractivity contribution in [3.8, 4) is 11.3 Å². The van der Waals surface area contributed by atoms with Crippen molar-refractivity contribution in [1.82, 2.24) is 9.78 Å². The number of aryl methyl sites for hydroxylation is 2. The van der Waals surface area contributed by atoms with Gasteiger partial charge in [-0.1, -0.05) is 23.8 Å². The fraction of sp³-hybridized carbons (Fsp3) is 0.250. The number of nitrogens with zero attached hydrogens (tertiary/aromatic N) is 2. The number of rotatable bonds is 1. The maximum Gasteiger partial charge on any atom is 0.436 e. The summed E-state index contributed by atoms with van der Waals surface area (Å²) < 4.78 is 39.4. The van der Waals surface area contributed by atoms with E-state index in [1.54, 1.807) is 12.1 Å². The summed E-state index contributed by atoms with van der Waals surface area (Å²) in [7, 11) is 1.50. The van der Waals surface area contributed by atoms with Gasteiger partial charge < -0.3 is 0 Å². The first-order valence-electron chi connectivity index (χ1n) is 5.17. The number of aromatic nitrogens is 2. The van der Waals surface area contributed by atoms with Crippen LogP contribution < -0.4 is 0 Å². The summed E-state index contributed by atoms with van der Waals surface area (Å²) in [6, 6.07) is 7.27. The Morgan fingerprint density at radius 1 is 1.28 bits per heavy atom. The third kappa shape index (κ3) is 2.29. The molecule has 0 atom stereocenters. The summed E-state index contributed by atoms with van der Waals surface area (Å²) in [6.07, 6.45) is -4.46. The van der Waals surface area contributed by atoms with Crippen molar-refractivity contribution < 1.29 is 13.2 Å². The molecule has 6 heteroatoms. The molecule has 18 heavy (non-hydrogen) atoms. The van der Waals surface area contributed by atoms with Gasteiger partial charge in [-0.2, -0.15) is 18.3 Å². The van der Waals surface area contributed by atoms with Crippen molar-refractivity contribution in [2.24, 2.45) is 7.05 Å². The molecule has 0 N–H and O–H groups in total. The number of benzene rings is 1. The van der Waals surface area contributed by atoms with Crippen LogP contribution in [0.25, 0.3) is 11.3 Å². The predicted octanol–water partition coefficient (Wildman–Crippen LogP) is 4.18. The van der Waals surface area contributed by atoms with Crippen molar-refractivity contribution in [3.05, 3.63) is 40.0 Å². The summed E-state index contributed by atoms with van der Waals surface area (Å²) in [6.45, 7) is 1.89. The molecule has 0 amide bonds. The number of alkyl halides is 3. The van der Waals surface area contributed by atoms with Crippen LogP contribution in [0.4, 0.5) is 13.2 Å². The second-order valence-corrected chi connectivity index (χ2v) is 4.80. The van der Waals surface area contributed by atoms with Gasteiger partial charge in [-0.15, -0.1) is 0 Å². The third-order valence-electron chi connectivity index (χ3n) is 2.55. The molecule has 0 aliphatic heterocycles. The Balaban J connectivity index is 2.63. The maximum absolute atomic E-state index is 12.7. The van der Waals surface area contributed by atoms with Crippen LogP contribution in [0.1, 0.15) is 11.3 Å². The van der Waals surface area contributed by atoms with Gasteiger partial charge in [0.1, 0.15) is 0 Å². The van der Waals surface area contributed by atoms with Gasteiger partial charge >= 0.3 is 6.18 Å². The first-order chi connectivity index (χ1) is 8.30. The van der Waals surface area contributed by atoms with E-state index in [0.29, 0.717) is 11.3 Å². The van der Waals surface area contributed by atoms with Crippen LogP contribution in [-0.4, -0.2) is 9.78 Å². The molecule has 0 saturated carbocycles. The van der Waals surface area contributed by atoms with Gasteiger partial charge in [0.25, 0.3) is 0 Å². The van der Waals surface area contributed by atoms with Crippen LogP contribution >= 0.6 is 15.9 Å². The van der Waals surface area contributed by atoms with E-state index in [-0.39, 0.29) is 4.47 Å². The quantitative estimate of drug-likeness (QED) is 0.771. The first-order valence-corrected chi connectivity index (χ1v) is 5.96. The standard InChI is InChI=1S/C12H10BrF3N2/c1-7-4-3-5-8(6-7)10-9(13)11(12(14,15)16)17-18(10)2/h3-6H,1-2H3. The highest BCUT2D eigenvalue weighted by Crippen LogP contribution is 2.39. The first kappa shape index (κ1) is 13.1. The number of hydrogen-bond donors (Lipinski definition) is 0. The highest BCUT2D eigenvalue weighted by Gasteiger charge is 2.38. The lowest BCUT2D eigenvalue weighted by molar-refractivity contribution is -0.142. The molecule has 0 fully saturated rings. The maximum atomic E-state index is 12.7. The average molecular weight is 319 g/mol. The van der Waals surface area contributed by atoms with Crippen molar-refractivity contribution >= 4 is 15.9 Å². The van der Waals surface area contributed by atoms with Crippen LogP contribution in [0.15, 0.2) is 28.7 Å². The zero-order chi connectivity index (χ0) is 13.5. The Labute approximate surface area is 111 Å². The molecule has 1 heterocycles. The SMILES string of the molecule is Cc1cccc(-c2c(Br)c(C(F)(F)F)nn2C)c1. The highest BCUT2D eigenvalue weighted by molar-refractivity contribution is 9.10. The van der Waals surface area contributed by atoms with Gasteiger partial charge in [-0.05, 0) is 28.9 Å². The average Bonchev–Trinajstić information content (AvgIpc) is 2.54. The Kier molecular flexibility index (Phi) is 3.23. The molecule has 2 aromatic rings. The van der Waals surface area contributed by atoms with Crippen LogP contribution in [0, 0.1) is 6.92 Å². The molecule has 96 valence electrons. The predicted molar refractivity (Wildman–Crippen MR) is 66.1 cm³/mol. The van der Waals surface area contributed by atoms with E-state index in [9.17, 15) is 13.2 Å². The minimum atomic E-state index is -4.46. The summed E-state index contributed by atoms with van der Waals surface area (Å²) in [5, 5.41) is 3.53. The molecule has 2 nitrogen and oxygen atoms in total. The van der Waals surface area contributed by atoms with Crippen molar-refractivity contribution in [1.29, 1.82) is 0 Å². The molecule has 0 bridgehead atoms. The van der Waals surface area contributed by atoms with Crippen LogP contribution in [0.3, 0.4) is 0 Å². The van der Waals surface area contributed by atoms with Gasteiger partial charge in [0.15, 0.2) is 5.69 Å². The summed E-state index contributed by atoms with van der Waals surface area (Å²) >= 11 is 3.00. The molecule has 0 aliphatic carbocycles. The zero-order valence-electron chi connectivity index (χ0n) is 9.72. The minimum absolute atomic E-state index is 0.0249. The van der Waals surface area contributed by atoms with Crippen molar-refractivity contribution in [2.45, 2.75) is 13.1 Å². The number of halogens is 4. The lowest BCUT2D eigenvalue weighted by Gasteiger charge is -2.04. The van der Waals surface area contributed by atoms with E-state index >= 15 is 0 Å².